The molecule has 1 aliphatic heterocycles. The third kappa shape index (κ3) is 8.47. The maximum absolute atomic E-state index is 13.2. The lowest BCUT2D eigenvalue weighted by atomic mass is 9.73. The summed E-state index contributed by atoms with van der Waals surface area (Å²) in [4.78, 5) is 30.6. The third-order valence-corrected chi connectivity index (χ3v) is 8.77. The minimum atomic E-state index is -1.23. The second-order valence-corrected chi connectivity index (χ2v) is 14.4. The highest BCUT2D eigenvalue weighted by Gasteiger charge is 2.42. The van der Waals surface area contributed by atoms with E-state index in [0.29, 0.717) is 6.42 Å². The van der Waals surface area contributed by atoms with Gasteiger partial charge in [-0.3, -0.25) is 9.59 Å². The zero-order valence-corrected chi connectivity index (χ0v) is 24.9. The minimum Gasteiger partial charge on any atom is -0.458 e. The van der Waals surface area contributed by atoms with E-state index < -0.39 is 35.6 Å². The van der Waals surface area contributed by atoms with Crippen molar-refractivity contribution < 1.29 is 24.5 Å². The number of aliphatic hydroxyl groups is 2. The second kappa shape index (κ2) is 12.4. The summed E-state index contributed by atoms with van der Waals surface area (Å²) in [6.07, 6.45) is 5.33. The zero-order valence-electron chi connectivity index (χ0n) is 21.9. The van der Waals surface area contributed by atoms with Crippen molar-refractivity contribution in [1.82, 2.24) is 4.98 Å². The Balaban J connectivity index is 2.37. The number of aryl methyl sites for hydroxylation is 1. The van der Waals surface area contributed by atoms with Gasteiger partial charge in [0.1, 0.15) is 11.9 Å². The molecule has 6 atom stereocenters. The van der Waals surface area contributed by atoms with Gasteiger partial charge in [-0.05, 0) is 44.8 Å². The molecule has 0 saturated heterocycles. The largest absolute Gasteiger partial charge is 0.458 e. The van der Waals surface area contributed by atoms with Crippen molar-refractivity contribution in [3.63, 3.8) is 0 Å². The average molecular weight is 618 g/mol. The van der Waals surface area contributed by atoms with Crippen molar-refractivity contribution >= 4 is 51.8 Å². The Bertz CT molecular complexity index is 951. The van der Waals surface area contributed by atoms with Gasteiger partial charge in [-0.15, -0.1) is 11.3 Å². The molecule has 0 aliphatic carbocycles. The fourth-order valence-corrected chi connectivity index (χ4v) is 5.45. The van der Waals surface area contributed by atoms with Gasteiger partial charge < -0.3 is 14.9 Å². The topological polar surface area (TPSA) is 96.7 Å². The van der Waals surface area contributed by atoms with Crippen LogP contribution in [0.2, 0.25) is 0 Å². The number of carbonyl (C=O) groups excluding carboxylic acids is 2. The number of hydrogen-bond donors (Lipinski definition) is 2. The molecule has 1 aliphatic rings. The number of esters is 1. The highest BCUT2D eigenvalue weighted by Crippen LogP contribution is 2.34. The molecule has 0 saturated carbocycles. The van der Waals surface area contributed by atoms with Crippen LogP contribution < -0.4 is 0 Å². The monoisotopic (exact) mass is 617 g/mol. The summed E-state index contributed by atoms with van der Waals surface area (Å²) in [5.41, 5.74) is 0.517. The van der Waals surface area contributed by atoms with Gasteiger partial charge in [0.2, 0.25) is 0 Å². The van der Waals surface area contributed by atoms with E-state index in [9.17, 15) is 19.8 Å². The Kier molecular flexibility index (Phi) is 10.7. The van der Waals surface area contributed by atoms with Gasteiger partial charge >= 0.3 is 5.97 Å². The van der Waals surface area contributed by atoms with Crippen LogP contribution in [0.5, 0.6) is 0 Å². The number of halogens is 1. The van der Waals surface area contributed by atoms with Crippen LogP contribution in [0.25, 0.3) is 6.08 Å². The van der Waals surface area contributed by atoms with Crippen molar-refractivity contribution in [2.75, 3.05) is 0 Å². The molecular weight excluding hydrogens is 577 g/mol. The normalized spacial score (nSPS) is 34.9. The molecule has 0 unspecified atom stereocenters. The second-order valence-electron chi connectivity index (χ2n) is 10.7. The van der Waals surface area contributed by atoms with Crippen LogP contribution in [0.1, 0.15) is 77.9 Å². The van der Waals surface area contributed by atoms with E-state index >= 15 is 0 Å². The highest BCUT2D eigenvalue weighted by molar-refractivity contribution is 14.1. The number of alkyl halides is 1. The maximum Gasteiger partial charge on any atom is 0.309 e. The summed E-state index contributed by atoms with van der Waals surface area (Å²) in [5.74, 6) is -1.72. The Labute approximate surface area is 227 Å². The molecule has 0 aromatic carbocycles. The molecule has 196 valence electrons. The van der Waals surface area contributed by atoms with E-state index in [2.05, 4.69) is 40.6 Å². The molecule has 2 N–H and O–H groups in total. The third-order valence-electron chi connectivity index (χ3n) is 7.00. The lowest BCUT2D eigenvalue weighted by Crippen LogP contribution is -2.45. The van der Waals surface area contributed by atoms with Gasteiger partial charge in [-0.1, -0.05) is 69.4 Å². The van der Waals surface area contributed by atoms with Crippen LogP contribution in [-0.4, -0.2) is 48.7 Å². The van der Waals surface area contributed by atoms with E-state index in [1.54, 1.807) is 32.1 Å². The molecule has 6 nitrogen and oxygen atoms in total. The number of aromatic nitrogens is 1. The number of nitrogens with zero attached hydrogens (tertiary/aromatic N) is 1. The Hall–Kier alpha value is -1.10. The van der Waals surface area contributed by atoms with Gasteiger partial charge in [0.25, 0.3) is 0 Å². The van der Waals surface area contributed by atoms with Crippen LogP contribution in [0.3, 0.4) is 0 Å². The van der Waals surface area contributed by atoms with E-state index in [1.165, 1.54) is 0 Å². The zero-order chi connectivity index (χ0) is 26.6. The van der Waals surface area contributed by atoms with Crippen molar-refractivity contribution in [1.29, 1.82) is 0 Å². The van der Waals surface area contributed by atoms with Gasteiger partial charge in [0, 0.05) is 20.6 Å². The number of rotatable bonds is 2. The molecule has 2 heterocycles. The Morgan fingerprint density at radius 3 is 2.51 bits per heavy atom. The number of ketones is 1. The molecule has 1 aromatic rings. The molecule has 0 spiro atoms. The van der Waals surface area contributed by atoms with Gasteiger partial charge in [-0.25, -0.2) is 4.98 Å². The van der Waals surface area contributed by atoms with Crippen molar-refractivity contribution in [3.8, 4) is 0 Å². The Morgan fingerprint density at radius 2 is 1.91 bits per heavy atom. The minimum absolute atomic E-state index is 0.0822. The summed E-state index contributed by atoms with van der Waals surface area (Å²) in [6, 6.07) is 0. The van der Waals surface area contributed by atoms with E-state index in [1.807, 2.05) is 38.3 Å². The SMILES string of the molecule is C/C(=C\c1csc(C)n1)[C@@H]1CC[C@](C)(I)C/C=C/[C@H](C)[C@H](O)[C@@H](C)C(=O)C(C)(C)[C@@H](O)CC(=O)O1. The highest BCUT2D eigenvalue weighted by atomic mass is 127. The number of aliphatic hydroxyl groups excluding tert-OH is 2. The summed E-state index contributed by atoms with van der Waals surface area (Å²) in [6.45, 7) is 12.9. The summed E-state index contributed by atoms with van der Waals surface area (Å²) < 4.78 is 5.79. The fraction of sp³-hybridized carbons (Fsp3) is 0.667. The van der Waals surface area contributed by atoms with Crippen molar-refractivity contribution in [2.24, 2.45) is 17.3 Å². The molecule has 1 aromatic heterocycles. The van der Waals surface area contributed by atoms with Crippen LogP contribution in [0.4, 0.5) is 0 Å². The first-order chi connectivity index (χ1) is 16.1. The number of hydrogen-bond acceptors (Lipinski definition) is 7. The number of ether oxygens (including phenoxy) is 1. The smallest absolute Gasteiger partial charge is 0.309 e. The molecule has 0 fully saturated rings. The predicted molar refractivity (Wildman–Crippen MR) is 150 cm³/mol. The molecule has 0 amide bonds. The molecule has 0 bridgehead atoms. The predicted octanol–water partition coefficient (Wildman–Crippen LogP) is 5.68. The van der Waals surface area contributed by atoms with E-state index in [4.69, 9.17) is 4.74 Å². The molecule has 0 radical (unpaired) electrons. The molecular formula is C27H40INO5S. The van der Waals surface area contributed by atoms with E-state index in [0.717, 1.165) is 29.1 Å². The number of Topliss-reactive ketones (excluding diaryl/α,β-unsaturated/α-hetero) is 1. The molecule has 8 heteroatoms. The van der Waals surface area contributed by atoms with Crippen molar-refractivity contribution in [2.45, 2.75) is 95.9 Å². The van der Waals surface area contributed by atoms with Gasteiger partial charge in [0.15, 0.2) is 0 Å². The first kappa shape index (κ1) is 30.1. The van der Waals surface area contributed by atoms with Crippen molar-refractivity contribution in [3.05, 3.63) is 33.8 Å². The quantitative estimate of drug-likeness (QED) is 0.192. The average Bonchev–Trinajstić information content (AvgIpc) is 3.18. The summed E-state index contributed by atoms with van der Waals surface area (Å²) in [7, 11) is 0. The van der Waals surface area contributed by atoms with E-state index in [-0.39, 0.29) is 21.5 Å². The summed E-state index contributed by atoms with van der Waals surface area (Å²) in [5, 5.41) is 24.6. The molecule has 35 heavy (non-hydrogen) atoms. The first-order valence-corrected chi connectivity index (χ1v) is 14.2. The standard InChI is InChI=1S/C27H40INO5S/c1-16-9-8-11-27(7,28)12-10-21(17(2)13-20-15-35-19(4)29-20)34-23(31)14-22(30)26(5,6)25(33)18(3)24(16)32/h8-9,13,15-16,18,21-22,24,30,32H,10-12,14H2,1-7H3/b9-8+,17-13+/t16-,18+,21-,22-,24-,27+/m0/s1. The van der Waals surface area contributed by atoms with Gasteiger partial charge in [0.05, 0.1) is 34.7 Å². The Morgan fingerprint density at radius 1 is 1.26 bits per heavy atom. The fourth-order valence-electron chi connectivity index (χ4n) is 4.31. The number of thiazole rings is 1. The lowest BCUT2D eigenvalue weighted by Gasteiger charge is -2.34. The lowest BCUT2D eigenvalue weighted by molar-refractivity contribution is -0.154. The maximum atomic E-state index is 13.2. The number of cyclic esters (lactones) is 1. The van der Waals surface area contributed by atoms with Crippen LogP contribution in [0.15, 0.2) is 23.1 Å². The summed E-state index contributed by atoms with van der Waals surface area (Å²) >= 11 is 4.00. The molecule has 2 rings (SSSR count). The van der Waals surface area contributed by atoms with Crippen LogP contribution in [-0.2, 0) is 14.3 Å². The number of allylic oxidation sites excluding steroid dienone is 1. The van der Waals surface area contributed by atoms with Crippen LogP contribution in [0, 0.1) is 24.2 Å². The van der Waals surface area contributed by atoms with Gasteiger partial charge in [-0.2, -0.15) is 0 Å². The first-order valence-electron chi connectivity index (χ1n) is 12.2. The van der Waals surface area contributed by atoms with Crippen LogP contribution >= 0.6 is 33.9 Å². The number of carbonyl (C=O) groups is 2.